The van der Waals surface area contributed by atoms with Gasteiger partial charge in [-0.15, -0.1) is 0 Å². The van der Waals surface area contributed by atoms with Gasteiger partial charge < -0.3 is 10.1 Å². The number of esters is 1. The van der Waals surface area contributed by atoms with Crippen molar-refractivity contribution < 1.29 is 27.5 Å². The van der Waals surface area contributed by atoms with Crippen LogP contribution >= 0.6 is 0 Å². The number of amides is 1. The topological polar surface area (TPSA) is 55.4 Å². The number of nitrogens with one attached hydrogen (secondary N) is 1. The van der Waals surface area contributed by atoms with Crippen LogP contribution in [-0.4, -0.2) is 25.4 Å². The number of rotatable bonds is 3. The molecule has 4 nitrogen and oxygen atoms in total. The Hall–Kier alpha value is -2.05. The fraction of sp³-hybridized carbons (Fsp3) is 0.200. The molecule has 92 valence electrons. The fourth-order valence-electron chi connectivity index (χ4n) is 1.09. The summed E-state index contributed by atoms with van der Waals surface area (Å²) in [5.41, 5.74) is -0.565. The minimum atomic E-state index is -3.23. The van der Waals surface area contributed by atoms with Crippen LogP contribution in [0.2, 0.25) is 0 Å². The third-order valence-electron chi connectivity index (χ3n) is 1.84. The Labute approximate surface area is 94.4 Å². The number of benzene rings is 1. The number of methoxy groups -OCH3 is 1. The maximum absolute atomic E-state index is 12.9. The molecule has 7 heteroatoms. The molecule has 17 heavy (non-hydrogen) atoms. The van der Waals surface area contributed by atoms with Gasteiger partial charge in [0.05, 0.1) is 18.4 Å². The molecule has 0 bridgehead atoms. The smallest absolute Gasteiger partial charge is 0.340 e. The predicted molar refractivity (Wildman–Crippen MR) is 52.4 cm³/mol. The van der Waals surface area contributed by atoms with Gasteiger partial charge in [0, 0.05) is 0 Å². The van der Waals surface area contributed by atoms with Crippen molar-refractivity contribution in [2.45, 2.75) is 6.43 Å². The lowest BCUT2D eigenvalue weighted by Gasteiger charge is -2.09. The molecule has 1 aromatic carbocycles. The van der Waals surface area contributed by atoms with Crippen LogP contribution in [0.4, 0.5) is 18.9 Å². The van der Waals surface area contributed by atoms with E-state index in [2.05, 4.69) is 4.74 Å². The number of hydrogen-bond donors (Lipinski definition) is 1. The van der Waals surface area contributed by atoms with Gasteiger partial charge in [-0.3, -0.25) is 4.79 Å². The minimum Gasteiger partial charge on any atom is -0.465 e. The van der Waals surface area contributed by atoms with E-state index in [1.54, 1.807) is 5.32 Å². The van der Waals surface area contributed by atoms with Crippen LogP contribution in [0.1, 0.15) is 10.4 Å². The summed E-state index contributed by atoms with van der Waals surface area (Å²) in [6, 6.07) is 2.71. The van der Waals surface area contributed by atoms with Gasteiger partial charge in [-0.2, -0.15) is 8.78 Å². The highest BCUT2D eigenvalue weighted by molar-refractivity contribution is 6.02. The Balaban J connectivity index is 3.06. The van der Waals surface area contributed by atoms with Gasteiger partial charge >= 0.3 is 12.4 Å². The van der Waals surface area contributed by atoms with Crippen LogP contribution in [0.25, 0.3) is 0 Å². The molecule has 0 spiro atoms. The van der Waals surface area contributed by atoms with E-state index < -0.39 is 24.1 Å². The molecule has 0 radical (unpaired) electrons. The molecule has 1 rings (SSSR count). The van der Waals surface area contributed by atoms with Crippen LogP contribution in [0, 0.1) is 5.82 Å². The summed E-state index contributed by atoms with van der Waals surface area (Å²) in [5, 5.41) is 1.80. The van der Waals surface area contributed by atoms with Crippen molar-refractivity contribution in [1.29, 1.82) is 0 Å². The minimum absolute atomic E-state index is 0.233. The molecule has 0 heterocycles. The number of carbonyl (C=O) groups is 2. The number of carbonyl (C=O) groups excluding carboxylic acids is 2. The zero-order valence-corrected chi connectivity index (χ0v) is 8.67. The van der Waals surface area contributed by atoms with Crippen LogP contribution in [0.3, 0.4) is 0 Å². The number of hydrogen-bond acceptors (Lipinski definition) is 3. The van der Waals surface area contributed by atoms with Crippen molar-refractivity contribution in [1.82, 2.24) is 0 Å². The largest absolute Gasteiger partial charge is 0.465 e. The van der Waals surface area contributed by atoms with Gasteiger partial charge in [-0.05, 0) is 18.2 Å². The van der Waals surface area contributed by atoms with Crippen molar-refractivity contribution in [3.05, 3.63) is 29.6 Å². The molecule has 0 unspecified atom stereocenters. The number of halogens is 3. The molecular formula is C10H8F3NO3. The summed E-state index contributed by atoms with van der Waals surface area (Å²) in [5.74, 6) is -3.27. The van der Waals surface area contributed by atoms with Gasteiger partial charge in [0.2, 0.25) is 0 Å². The summed E-state index contributed by atoms with van der Waals surface area (Å²) in [7, 11) is 1.05. The lowest BCUT2D eigenvalue weighted by molar-refractivity contribution is -0.126. The SMILES string of the molecule is COC(=O)c1cc(F)ccc1NC(=O)C(F)F. The molecule has 0 atom stereocenters. The molecule has 0 aromatic heterocycles. The molecule has 0 saturated heterocycles. The Morgan fingerprint density at radius 3 is 2.53 bits per heavy atom. The molecular weight excluding hydrogens is 239 g/mol. The molecule has 0 aliphatic heterocycles. The Kier molecular flexibility index (Phi) is 4.08. The van der Waals surface area contributed by atoms with E-state index in [4.69, 9.17) is 0 Å². The van der Waals surface area contributed by atoms with E-state index in [0.29, 0.717) is 0 Å². The highest BCUT2D eigenvalue weighted by Gasteiger charge is 2.19. The van der Waals surface area contributed by atoms with Crippen molar-refractivity contribution in [3.8, 4) is 0 Å². The second-order valence-corrected chi connectivity index (χ2v) is 2.97. The summed E-state index contributed by atoms with van der Waals surface area (Å²) in [4.78, 5) is 22.0. The van der Waals surface area contributed by atoms with Crippen LogP contribution < -0.4 is 5.32 Å². The fourth-order valence-corrected chi connectivity index (χ4v) is 1.09. The number of alkyl halides is 2. The Bertz CT molecular complexity index is 448. The lowest BCUT2D eigenvalue weighted by atomic mass is 10.1. The highest BCUT2D eigenvalue weighted by Crippen LogP contribution is 2.18. The first-order valence-electron chi connectivity index (χ1n) is 4.42. The van der Waals surface area contributed by atoms with Crippen molar-refractivity contribution >= 4 is 17.6 Å². The Morgan fingerprint density at radius 2 is 2.00 bits per heavy atom. The number of anilines is 1. The second kappa shape index (κ2) is 5.33. The molecule has 0 aliphatic rings. The molecule has 1 N–H and O–H groups in total. The first-order valence-corrected chi connectivity index (χ1v) is 4.42. The average molecular weight is 247 g/mol. The summed E-state index contributed by atoms with van der Waals surface area (Å²) < 4.78 is 41.2. The van der Waals surface area contributed by atoms with E-state index in [-0.39, 0.29) is 11.3 Å². The van der Waals surface area contributed by atoms with Crippen molar-refractivity contribution in [3.63, 3.8) is 0 Å². The van der Waals surface area contributed by atoms with Crippen LogP contribution in [0.5, 0.6) is 0 Å². The third kappa shape index (κ3) is 3.20. The third-order valence-corrected chi connectivity index (χ3v) is 1.84. The monoisotopic (exact) mass is 247 g/mol. The zero-order valence-electron chi connectivity index (χ0n) is 8.67. The molecule has 1 amide bonds. The zero-order chi connectivity index (χ0) is 13.0. The lowest BCUT2D eigenvalue weighted by Crippen LogP contribution is -2.22. The van der Waals surface area contributed by atoms with E-state index in [1.807, 2.05) is 0 Å². The second-order valence-electron chi connectivity index (χ2n) is 2.97. The van der Waals surface area contributed by atoms with Crippen molar-refractivity contribution in [2.24, 2.45) is 0 Å². The van der Waals surface area contributed by atoms with Crippen molar-refractivity contribution in [2.75, 3.05) is 12.4 Å². The average Bonchev–Trinajstić information content (AvgIpc) is 2.30. The van der Waals surface area contributed by atoms with E-state index in [0.717, 1.165) is 25.3 Å². The molecule has 1 aromatic rings. The predicted octanol–water partition coefficient (Wildman–Crippen LogP) is 1.82. The van der Waals surface area contributed by atoms with Crippen LogP contribution in [0.15, 0.2) is 18.2 Å². The number of ether oxygens (including phenoxy) is 1. The van der Waals surface area contributed by atoms with Gasteiger partial charge in [0.25, 0.3) is 5.91 Å². The summed E-state index contributed by atoms with van der Waals surface area (Å²) >= 11 is 0. The van der Waals surface area contributed by atoms with Gasteiger partial charge in [0.15, 0.2) is 0 Å². The first-order chi connectivity index (χ1) is 7.95. The quantitative estimate of drug-likeness (QED) is 0.829. The molecule has 0 fully saturated rings. The van der Waals surface area contributed by atoms with Gasteiger partial charge in [-0.25, -0.2) is 9.18 Å². The van der Waals surface area contributed by atoms with E-state index in [9.17, 15) is 22.8 Å². The maximum Gasteiger partial charge on any atom is 0.340 e. The molecule has 0 aliphatic carbocycles. The van der Waals surface area contributed by atoms with Gasteiger partial charge in [-0.1, -0.05) is 0 Å². The normalized spacial score (nSPS) is 10.2. The molecule has 0 saturated carbocycles. The standard InChI is InChI=1S/C10H8F3NO3/c1-17-10(16)6-4-5(11)2-3-7(6)14-9(15)8(12)13/h2-4,8H,1H3,(H,14,15). The Morgan fingerprint density at radius 1 is 1.35 bits per heavy atom. The first kappa shape index (κ1) is 13.0. The summed E-state index contributed by atoms with van der Waals surface area (Å²) in [6.07, 6.45) is -3.23. The van der Waals surface area contributed by atoms with E-state index in [1.165, 1.54) is 0 Å². The van der Waals surface area contributed by atoms with Crippen LogP contribution in [-0.2, 0) is 9.53 Å². The van der Waals surface area contributed by atoms with E-state index >= 15 is 0 Å². The highest BCUT2D eigenvalue weighted by atomic mass is 19.3. The summed E-state index contributed by atoms with van der Waals surface area (Å²) in [6.45, 7) is 0. The van der Waals surface area contributed by atoms with Gasteiger partial charge in [0.1, 0.15) is 5.82 Å². The maximum atomic E-state index is 12.9.